The molecule has 6 rings (SSSR count). The monoisotopic (exact) mass is 590 g/mol. The summed E-state index contributed by atoms with van der Waals surface area (Å²) in [5.74, 6) is 1.81. The highest BCUT2D eigenvalue weighted by Crippen LogP contribution is 2.42. The zero-order valence-corrected chi connectivity index (χ0v) is 23.1. The minimum atomic E-state index is -0.884. The number of nitro groups is 1. The zero-order chi connectivity index (χ0) is 29.2. The fourth-order valence-electron chi connectivity index (χ4n) is 5.82. The number of hydrogen-bond donors (Lipinski definition) is 2. The maximum absolute atomic E-state index is 12.0. The molecule has 2 fully saturated rings. The number of carbonyl (C=O) groups is 1. The average Bonchev–Trinajstić information content (AvgIpc) is 3.55. The lowest BCUT2D eigenvalue weighted by atomic mass is 10.0. The molecule has 2 aromatic heterocycles. The van der Waals surface area contributed by atoms with E-state index in [1.807, 2.05) is 18.2 Å². The van der Waals surface area contributed by atoms with Crippen molar-refractivity contribution < 1.29 is 24.3 Å². The van der Waals surface area contributed by atoms with Crippen molar-refractivity contribution in [3.8, 4) is 11.5 Å². The van der Waals surface area contributed by atoms with Crippen LogP contribution in [0.1, 0.15) is 18.5 Å². The quantitative estimate of drug-likeness (QED) is 0.177. The number of hydrogen-bond acceptors (Lipinski definition) is 9. The highest BCUT2D eigenvalue weighted by molar-refractivity contribution is 6.32. The van der Waals surface area contributed by atoms with Crippen molar-refractivity contribution in [3.05, 3.63) is 81.9 Å². The Morgan fingerprint density at radius 1 is 1.07 bits per heavy atom. The predicted octanol–water partition coefficient (Wildman–Crippen LogP) is 5.92. The highest BCUT2D eigenvalue weighted by Gasteiger charge is 2.42. The van der Waals surface area contributed by atoms with Gasteiger partial charge in [-0.25, -0.2) is 14.8 Å². The van der Waals surface area contributed by atoms with Crippen LogP contribution < -0.4 is 14.8 Å². The number of halogens is 1. The lowest BCUT2D eigenvalue weighted by Crippen LogP contribution is -2.28. The number of fused-ring (bicyclic) bond motifs is 2. The Bertz CT molecular complexity index is 1630. The average molecular weight is 591 g/mol. The number of carboxylic acid groups (broad SMARTS) is 1. The van der Waals surface area contributed by atoms with Crippen molar-refractivity contribution in [3.63, 3.8) is 0 Å². The Kier molecular flexibility index (Phi) is 7.62. The maximum Gasteiger partial charge on any atom is 0.407 e. The standard InChI is InChI=1S/C29H27ClN6O6/c30-23-9-20(4-5-26(23)42-15-21-3-1-2-6-31-21)34-28-22-10-25(36(39)40)27(11-24(22)32-16-33-28)41-14-17-7-18-12-35(29(37)38)13-19(18)8-17/h1-6,9-11,16-19H,7-8,12-15H2,(H,37,38)(H,32,33,34)/t17-,18+,19-. The van der Waals surface area contributed by atoms with E-state index < -0.39 is 11.0 Å². The van der Waals surface area contributed by atoms with Crippen LogP contribution in [-0.4, -0.2) is 55.7 Å². The van der Waals surface area contributed by atoms with E-state index >= 15 is 0 Å². The number of amides is 1. The molecule has 12 nitrogen and oxygen atoms in total. The van der Waals surface area contributed by atoms with Crippen molar-refractivity contribution in [2.75, 3.05) is 25.0 Å². The lowest BCUT2D eigenvalue weighted by Gasteiger charge is -2.17. The van der Waals surface area contributed by atoms with Crippen molar-refractivity contribution in [2.24, 2.45) is 17.8 Å². The number of nitro benzene ring substituents is 1. The number of likely N-dealkylation sites (tertiary alicyclic amines) is 1. The summed E-state index contributed by atoms with van der Waals surface area (Å²) in [6.45, 7) is 1.65. The van der Waals surface area contributed by atoms with Crippen LogP contribution in [0.4, 0.5) is 22.0 Å². The van der Waals surface area contributed by atoms with Gasteiger partial charge >= 0.3 is 11.8 Å². The summed E-state index contributed by atoms with van der Waals surface area (Å²) in [5, 5.41) is 25.3. The number of benzene rings is 2. The van der Waals surface area contributed by atoms with E-state index in [0.717, 1.165) is 18.5 Å². The predicted molar refractivity (Wildman–Crippen MR) is 154 cm³/mol. The summed E-state index contributed by atoms with van der Waals surface area (Å²) in [6.07, 6.45) is 3.85. The first-order chi connectivity index (χ1) is 20.3. The van der Waals surface area contributed by atoms with Gasteiger partial charge < -0.3 is 24.8 Å². The summed E-state index contributed by atoms with van der Waals surface area (Å²) < 4.78 is 11.8. The lowest BCUT2D eigenvalue weighted by molar-refractivity contribution is -0.385. The van der Waals surface area contributed by atoms with E-state index in [-0.39, 0.29) is 24.0 Å². The molecule has 2 N–H and O–H groups in total. The molecule has 3 atom stereocenters. The molecular weight excluding hydrogens is 564 g/mol. The molecule has 1 saturated heterocycles. The van der Waals surface area contributed by atoms with Crippen LogP contribution in [-0.2, 0) is 6.61 Å². The first-order valence-electron chi connectivity index (χ1n) is 13.5. The van der Waals surface area contributed by atoms with E-state index in [9.17, 15) is 20.0 Å². The number of rotatable bonds is 9. The Morgan fingerprint density at radius 2 is 1.88 bits per heavy atom. The van der Waals surface area contributed by atoms with E-state index in [0.29, 0.717) is 64.7 Å². The third-order valence-electron chi connectivity index (χ3n) is 7.80. The second-order valence-corrected chi connectivity index (χ2v) is 11.0. The van der Waals surface area contributed by atoms with Crippen molar-refractivity contribution in [1.29, 1.82) is 0 Å². The molecule has 0 radical (unpaired) electrons. The fraction of sp³-hybridized carbons (Fsp3) is 0.310. The molecule has 1 aliphatic heterocycles. The van der Waals surface area contributed by atoms with Gasteiger partial charge in [-0.05, 0) is 60.9 Å². The zero-order valence-electron chi connectivity index (χ0n) is 22.4. The Morgan fingerprint density at radius 3 is 2.57 bits per heavy atom. The Hall–Kier alpha value is -4.71. The molecular formula is C29H27ClN6O6. The number of nitrogens with zero attached hydrogens (tertiary/aromatic N) is 5. The number of ether oxygens (including phenoxy) is 2. The van der Waals surface area contributed by atoms with Gasteiger partial charge in [-0.2, -0.15) is 0 Å². The number of nitrogens with one attached hydrogen (secondary N) is 1. The molecule has 42 heavy (non-hydrogen) atoms. The van der Waals surface area contributed by atoms with Crippen molar-refractivity contribution in [2.45, 2.75) is 19.4 Å². The third-order valence-corrected chi connectivity index (χ3v) is 8.10. The van der Waals surface area contributed by atoms with E-state index in [2.05, 4.69) is 20.3 Å². The first-order valence-corrected chi connectivity index (χ1v) is 13.8. The second-order valence-electron chi connectivity index (χ2n) is 10.6. The molecule has 4 aromatic rings. The van der Waals surface area contributed by atoms with Gasteiger partial charge in [0.05, 0.1) is 33.1 Å². The Labute approximate surface area is 245 Å². The minimum absolute atomic E-state index is 0.138. The minimum Gasteiger partial charge on any atom is -0.486 e. The van der Waals surface area contributed by atoms with Gasteiger partial charge in [-0.1, -0.05) is 17.7 Å². The summed E-state index contributed by atoms with van der Waals surface area (Å²) in [5.41, 5.74) is 1.68. The molecule has 0 bridgehead atoms. The summed E-state index contributed by atoms with van der Waals surface area (Å²) in [6, 6.07) is 13.7. The van der Waals surface area contributed by atoms with Crippen molar-refractivity contribution in [1.82, 2.24) is 19.9 Å². The first kappa shape index (κ1) is 27.5. The van der Waals surface area contributed by atoms with Crippen LogP contribution in [0.2, 0.25) is 5.02 Å². The molecule has 2 aliphatic rings. The molecule has 0 spiro atoms. The fourth-order valence-corrected chi connectivity index (χ4v) is 6.06. The van der Waals surface area contributed by atoms with Crippen LogP contribution in [0, 0.1) is 27.9 Å². The summed E-state index contributed by atoms with van der Waals surface area (Å²) in [7, 11) is 0. The number of pyridine rings is 1. The second kappa shape index (κ2) is 11.6. The van der Waals surface area contributed by atoms with Crippen LogP contribution in [0.25, 0.3) is 10.9 Å². The molecule has 216 valence electrons. The number of aromatic nitrogens is 3. The van der Waals surface area contributed by atoms with Gasteiger partial charge in [0.1, 0.15) is 24.5 Å². The topological polar surface area (TPSA) is 153 Å². The van der Waals surface area contributed by atoms with E-state index in [4.69, 9.17) is 21.1 Å². The van der Waals surface area contributed by atoms with E-state index in [1.165, 1.54) is 17.3 Å². The highest BCUT2D eigenvalue weighted by atomic mass is 35.5. The van der Waals surface area contributed by atoms with Gasteiger partial charge in [0, 0.05) is 37.1 Å². The third kappa shape index (κ3) is 5.84. The van der Waals surface area contributed by atoms with Crippen LogP contribution in [0.15, 0.2) is 61.1 Å². The molecule has 0 unspecified atom stereocenters. The molecule has 3 heterocycles. The van der Waals surface area contributed by atoms with E-state index in [1.54, 1.807) is 30.5 Å². The van der Waals surface area contributed by atoms with Gasteiger partial charge in [0.15, 0.2) is 5.75 Å². The SMILES string of the molecule is O=C(O)N1C[C@H]2C[C@H](COc3cc4ncnc(Nc5ccc(OCc6ccccn6)c(Cl)c5)c4cc3[N+](=O)[O-])C[C@H]2C1. The van der Waals surface area contributed by atoms with Crippen LogP contribution in [0.3, 0.4) is 0 Å². The molecule has 1 saturated carbocycles. The van der Waals surface area contributed by atoms with Crippen molar-refractivity contribution >= 4 is 45.8 Å². The maximum atomic E-state index is 12.0. The van der Waals surface area contributed by atoms with Crippen LogP contribution >= 0.6 is 11.6 Å². The summed E-state index contributed by atoms with van der Waals surface area (Å²) >= 11 is 6.46. The van der Waals surface area contributed by atoms with Gasteiger partial charge in [0.2, 0.25) is 0 Å². The largest absolute Gasteiger partial charge is 0.486 e. The molecule has 1 amide bonds. The number of anilines is 2. The van der Waals surface area contributed by atoms with Gasteiger partial charge in [-0.15, -0.1) is 0 Å². The molecule has 2 aromatic carbocycles. The smallest absolute Gasteiger partial charge is 0.407 e. The molecule has 1 aliphatic carbocycles. The summed E-state index contributed by atoms with van der Waals surface area (Å²) in [4.78, 5) is 37.1. The van der Waals surface area contributed by atoms with Crippen LogP contribution in [0.5, 0.6) is 11.5 Å². The molecule has 13 heteroatoms. The normalized spacial score (nSPS) is 19.5. The van der Waals surface area contributed by atoms with Gasteiger partial charge in [0.25, 0.3) is 0 Å². The Balaban J connectivity index is 1.15. The van der Waals surface area contributed by atoms with Gasteiger partial charge in [-0.3, -0.25) is 15.1 Å².